The van der Waals surface area contributed by atoms with Crippen molar-refractivity contribution in [2.75, 3.05) is 0 Å². The smallest absolute Gasteiger partial charge is 0.120 e. The minimum absolute atomic E-state index is 0.183. The van der Waals surface area contributed by atoms with Crippen molar-refractivity contribution in [3.63, 3.8) is 0 Å². The Balaban J connectivity index is 1.63. The quantitative estimate of drug-likeness (QED) is 0.750. The molecule has 21 heavy (non-hydrogen) atoms. The van der Waals surface area contributed by atoms with E-state index in [1.165, 1.54) is 0 Å². The van der Waals surface area contributed by atoms with E-state index in [4.69, 9.17) is 4.42 Å². The van der Waals surface area contributed by atoms with Crippen LogP contribution in [0.15, 0.2) is 52.3 Å². The Hall–Kier alpha value is -1.91. The highest BCUT2D eigenvalue weighted by molar-refractivity contribution is 7.09. The van der Waals surface area contributed by atoms with E-state index in [1.807, 2.05) is 37.3 Å². The largest absolute Gasteiger partial charge is 0.465 e. The first-order valence-corrected chi connectivity index (χ1v) is 7.90. The van der Waals surface area contributed by atoms with Gasteiger partial charge >= 0.3 is 0 Å². The second-order valence-corrected chi connectivity index (χ2v) is 5.99. The van der Waals surface area contributed by atoms with Crippen molar-refractivity contribution >= 4 is 11.3 Å². The summed E-state index contributed by atoms with van der Waals surface area (Å²) >= 11 is 1.68. The van der Waals surface area contributed by atoms with Crippen LogP contribution in [0.4, 0.5) is 0 Å². The van der Waals surface area contributed by atoms with Crippen molar-refractivity contribution in [3.05, 3.63) is 64.4 Å². The number of aryl methyl sites for hydroxylation is 1. The number of thiazole rings is 1. The Morgan fingerprint density at radius 3 is 2.71 bits per heavy atom. The molecule has 0 bridgehead atoms. The van der Waals surface area contributed by atoms with Gasteiger partial charge in [-0.3, -0.25) is 0 Å². The Morgan fingerprint density at radius 1 is 1.19 bits per heavy atom. The van der Waals surface area contributed by atoms with Crippen molar-refractivity contribution < 1.29 is 4.42 Å². The van der Waals surface area contributed by atoms with E-state index in [0.29, 0.717) is 0 Å². The van der Waals surface area contributed by atoms with E-state index in [2.05, 4.69) is 34.7 Å². The minimum atomic E-state index is 0.183. The lowest BCUT2D eigenvalue weighted by Gasteiger charge is -2.09. The summed E-state index contributed by atoms with van der Waals surface area (Å²) in [6.07, 6.45) is 0. The van der Waals surface area contributed by atoms with Gasteiger partial charge in [0.25, 0.3) is 0 Å². The van der Waals surface area contributed by atoms with Crippen LogP contribution in [0.3, 0.4) is 0 Å². The second kappa shape index (κ2) is 6.24. The zero-order chi connectivity index (χ0) is 14.7. The number of furan rings is 1. The van der Waals surface area contributed by atoms with Crippen LogP contribution >= 0.6 is 11.3 Å². The Bertz CT molecular complexity index is 702. The summed E-state index contributed by atoms with van der Waals surface area (Å²) in [4.78, 5) is 4.68. The summed E-state index contributed by atoms with van der Waals surface area (Å²) in [6.45, 7) is 4.81. The second-order valence-electron chi connectivity index (χ2n) is 5.04. The lowest BCUT2D eigenvalue weighted by atomic mass is 10.2. The molecule has 0 saturated carbocycles. The van der Waals surface area contributed by atoms with E-state index < -0.39 is 0 Å². The summed E-state index contributed by atoms with van der Waals surface area (Å²) in [5.74, 6) is 1.91. The van der Waals surface area contributed by atoms with Crippen LogP contribution < -0.4 is 5.32 Å². The first-order chi connectivity index (χ1) is 10.2. The first-order valence-electron chi connectivity index (χ1n) is 7.02. The van der Waals surface area contributed by atoms with Crippen LogP contribution in [0.2, 0.25) is 0 Å². The van der Waals surface area contributed by atoms with Gasteiger partial charge in [-0.1, -0.05) is 30.3 Å². The molecule has 1 N–H and O–H groups in total. The van der Waals surface area contributed by atoms with Gasteiger partial charge in [0.05, 0.1) is 11.7 Å². The molecule has 3 aromatic rings. The highest BCUT2D eigenvalue weighted by atomic mass is 32.1. The SMILES string of the molecule is Cc1ccc(C(C)NCc2nc(-c3ccccc3)cs2)o1. The molecule has 0 amide bonds. The Labute approximate surface area is 128 Å². The average molecular weight is 298 g/mol. The molecule has 4 heteroatoms. The van der Waals surface area contributed by atoms with Gasteiger partial charge < -0.3 is 9.73 Å². The first kappa shape index (κ1) is 14.0. The molecular weight excluding hydrogens is 280 g/mol. The van der Waals surface area contributed by atoms with Crippen molar-refractivity contribution in [2.24, 2.45) is 0 Å². The van der Waals surface area contributed by atoms with E-state index in [1.54, 1.807) is 11.3 Å². The third kappa shape index (κ3) is 3.40. The van der Waals surface area contributed by atoms with E-state index in [0.717, 1.165) is 34.3 Å². The van der Waals surface area contributed by atoms with Gasteiger partial charge in [-0.05, 0) is 26.0 Å². The van der Waals surface area contributed by atoms with E-state index in [-0.39, 0.29) is 6.04 Å². The van der Waals surface area contributed by atoms with Crippen molar-refractivity contribution in [1.29, 1.82) is 0 Å². The maximum absolute atomic E-state index is 5.63. The standard InChI is InChI=1S/C17H18N2OS/c1-12-8-9-16(20-12)13(2)18-10-17-19-15(11-21-17)14-6-4-3-5-7-14/h3-9,11,13,18H,10H2,1-2H3. The molecule has 3 rings (SSSR count). The van der Waals surface area contributed by atoms with Crippen LogP contribution in [0, 0.1) is 6.92 Å². The molecular formula is C17H18N2OS. The molecule has 2 aromatic heterocycles. The fraction of sp³-hybridized carbons (Fsp3) is 0.235. The Morgan fingerprint density at radius 2 is 2.00 bits per heavy atom. The Kier molecular flexibility index (Phi) is 4.18. The van der Waals surface area contributed by atoms with Crippen LogP contribution in [0.1, 0.15) is 29.5 Å². The maximum Gasteiger partial charge on any atom is 0.120 e. The summed E-state index contributed by atoms with van der Waals surface area (Å²) < 4.78 is 5.63. The van der Waals surface area contributed by atoms with E-state index in [9.17, 15) is 0 Å². The maximum atomic E-state index is 5.63. The fourth-order valence-corrected chi connectivity index (χ4v) is 2.91. The van der Waals surface area contributed by atoms with Crippen LogP contribution in [0.25, 0.3) is 11.3 Å². The predicted octanol–water partition coefficient (Wildman–Crippen LogP) is 4.56. The lowest BCUT2D eigenvalue weighted by molar-refractivity contribution is 0.415. The highest BCUT2D eigenvalue weighted by Crippen LogP contribution is 2.22. The fourth-order valence-electron chi connectivity index (χ4n) is 2.16. The van der Waals surface area contributed by atoms with Gasteiger partial charge in [0.1, 0.15) is 16.5 Å². The summed E-state index contributed by atoms with van der Waals surface area (Å²) in [5.41, 5.74) is 2.20. The molecule has 0 radical (unpaired) electrons. The van der Waals surface area contributed by atoms with Crippen LogP contribution in [-0.2, 0) is 6.54 Å². The number of aromatic nitrogens is 1. The van der Waals surface area contributed by atoms with Crippen LogP contribution in [0.5, 0.6) is 0 Å². The molecule has 2 heterocycles. The van der Waals surface area contributed by atoms with Gasteiger partial charge in [0, 0.05) is 17.5 Å². The van der Waals surface area contributed by atoms with Gasteiger partial charge in [-0.15, -0.1) is 11.3 Å². The molecule has 0 aliphatic carbocycles. The monoisotopic (exact) mass is 298 g/mol. The molecule has 0 spiro atoms. The van der Waals surface area contributed by atoms with Crippen molar-refractivity contribution in [1.82, 2.24) is 10.3 Å². The molecule has 1 atom stereocenters. The molecule has 3 nitrogen and oxygen atoms in total. The van der Waals surface area contributed by atoms with E-state index >= 15 is 0 Å². The molecule has 1 aromatic carbocycles. The number of rotatable bonds is 5. The lowest BCUT2D eigenvalue weighted by Crippen LogP contribution is -2.17. The van der Waals surface area contributed by atoms with Crippen molar-refractivity contribution in [2.45, 2.75) is 26.4 Å². The number of nitrogens with zero attached hydrogens (tertiary/aromatic N) is 1. The summed E-state index contributed by atoms with van der Waals surface area (Å²) in [7, 11) is 0. The normalized spacial score (nSPS) is 12.5. The molecule has 108 valence electrons. The van der Waals surface area contributed by atoms with Crippen molar-refractivity contribution in [3.8, 4) is 11.3 Å². The minimum Gasteiger partial charge on any atom is -0.465 e. The van der Waals surface area contributed by atoms with Crippen LogP contribution in [-0.4, -0.2) is 4.98 Å². The number of hydrogen-bond donors (Lipinski definition) is 1. The third-order valence-electron chi connectivity index (χ3n) is 3.37. The topological polar surface area (TPSA) is 38.1 Å². The number of hydrogen-bond acceptors (Lipinski definition) is 4. The number of benzene rings is 1. The molecule has 0 fully saturated rings. The molecule has 0 aliphatic heterocycles. The van der Waals surface area contributed by atoms with Gasteiger partial charge in [0.15, 0.2) is 0 Å². The number of nitrogens with one attached hydrogen (secondary N) is 1. The molecule has 0 aliphatic rings. The zero-order valence-corrected chi connectivity index (χ0v) is 13.0. The van der Waals surface area contributed by atoms with Gasteiger partial charge in [0.2, 0.25) is 0 Å². The average Bonchev–Trinajstić information content (AvgIpc) is 3.15. The highest BCUT2D eigenvalue weighted by Gasteiger charge is 2.10. The molecule has 0 saturated heterocycles. The predicted molar refractivity (Wildman–Crippen MR) is 86.2 cm³/mol. The van der Waals surface area contributed by atoms with Gasteiger partial charge in [-0.25, -0.2) is 4.98 Å². The van der Waals surface area contributed by atoms with Gasteiger partial charge in [-0.2, -0.15) is 0 Å². The summed E-state index contributed by atoms with van der Waals surface area (Å²) in [5, 5.41) is 6.64. The third-order valence-corrected chi connectivity index (χ3v) is 4.22. The summed E-state index contributed by atoms with van der Waals surface area (Å²) in [6, 6.07) is 14.4. The zero-order valence-electron chi connectivity index (χ0n) is 12.2. The molecule has 1 unspecified atom stereocenters.